The van der Waals surface area contributed by atoms with E-state index in [2.05, 4.69) is 10.5 Å². The fraction of sp³-hybridized carbons (Fsp3) is 0.857. The minimum Gasteiger partial charge on any atom is -0.411 e. The lowest BCUT2D eigenvalue weighted by atomic mass is 9.80. The molecule has 3 aliphatic rings. The van der Waals surface area contributed by atoms with Crippen molar-refractivity contribution in [2.45, 2.75) is 25.3 Å². The van der Waals surface area contributed by atoms with Gasteiger partial charge in [0.25, 0.3) is 0 Å². The zero-order chi connectivity index (χ0) is 6.97. The molecule has 10 heavy (non-hydrogen) atoms. The van der Waals surface area contributed by atoms with Gasteiger partial charge in [-0.3, -0.25) is 0 Å². The van der Waals surface area contributed by atoms with E-state index < -0.39 is 0 Å². The van der Waals surface area contributed by atoms with Crippen molar-refractivity contribution in [3.63, 3.8) is 0 Å². The minimum atomic E-state index is 0.523. The maximum atomic E-state index is 8.57. The van der Waals surface area contributed by atoms with Crippen LogP contribution in [0.4, 0.5) is 0 Å². The second kappa shape index (κ2) is 2.23. The third kappa shape index (κ3) is 0.814. The predicted octanol–water partition coefficient (Wildman–Crippen LogP) is 0.588. The summed E-state index contributed by atoms with van der Waals surface area (Å²) < 4.78 is 0. The molecule has 0 amide bonds. The molecule has 56 valence electrons. The van der Waals surface area contributed by atoms with Crippen molar-refractivity contribution in [1.29, 1.82) is 0 Å². The van der Waals surface area contributed by atoms with Gasteiger partial charge in [0.2, 0.25) is 0 Å². The molecule has 3 fully saturated rings. The Morgan fingerprint density at radius 1 is 1.50 bits per heavy atom. The number of rotatable bonds is 0. The first-order chi connectivity index (χ1) is 4.90. The van der Waals surface area contributed by atoms with Crippen LogP contribution in [0, 0.1) is 5.92 Å². The first-order valence-electron chi connectivity index (χ1n) is 3.84. The highest BCUT2D eigenvalue weighted by Gasteiger charge is 2.32. The SMILES string of the molecule is ON=C1C[C@@H]2CC[C@H]1CN2. The van der Waals surface area contributed by atoms with Crippen molar-refractivity contribution >= 4 is 5.71 Å². The standard InChI is InChI=1S/C7H12N2O/c10-9-7-3-6-2-1-5(7)4-8-6/h5-6,8,10H,1-4H2/t5-,6-/m0/s1. The number of piperidine rings is 2. The van der Waals surface area contributed by atoms with Crippen molar-refractivity contribution in [3.05, 3.63) is 0 Å². The van der Waals surface area contributed by atoms with Crippen LogP contribution in [-0.4, -0.2) is 23.5 Å². The summed E-state index contributed by atoms with van der Waals surface area (Å²) in [6, 6.07) is 0.593. The summed E-state index contributed by atoms with van der Waals surface area (Å²) >= 11 is 0. The van der Waals surface area contributed by atoms with Gasteiger partial charge in [0, 0.05) is 24.9 Å². The Hall–Kier alpha value is -0.570. The summed E-state index contributed by atoms with van der Waals surface area (Å²) in [7, 11) is 0. The molecule has 0 aromatic carbocycles. The molecule has 3 nitrogen and oxygen atoms in total. The number of oxime groups is 1. The molecule has 3 rings (SSSR count). The minimum absolute atomic E-state index is 0.523. The van der Waals surface area contributed by atoms with E-state index in [0.29, 0.717) is 12.0 Å². The van der Waals surface area contributed by atoms with Gasteiger partial charge in [-0.05, 0) is 12.8 Å². The van der Waals surface area contributed by atoms with E-state index in [9.17, 15) is 0 Å². The molecular weight excluding hydrogens is 128 g/mol. The molecule has 0 unspecified atom stereocenters. The van der Waals surface area contributed by atoms with Gasteiger partial charge in [0.1, 0.15) is 0 Å². The van der Waals surface area contributed by atoms with Gasteiger partial charge in [-0.1, -0.05) is 5.16 Å². The maximum Gasteiger partial charge on any atom is 0.0629 e. The van der Waals surface area contributed by atoms with Gasteiger partial charge in [-0.25, -0.2) is 0 Å². The van der Waals surface area contributed by atoms with Crippen LogP contribution in [0.15, 0.2) is 5.16 Å². The molecule has 3 heteroatoms. The van der Waals surface area contributed by atoms with Crippen LogP contribution < -0.4 is 5.32 Å². The van der Waals surface area contributed by atoms with Gasteiger partial charge in [-0.2, -0.15) is 0 Å². The van der Waals surface area contributed by atoms with Crippen LogP contribution >= 0.6 is 0 Å². The number of fused-ring (bicyclic) bond motifs is 3. The molecule has 1 saturated carbocycles. The summed E-state index contributed by atoms with van der Waals surface area (Å²) in [5.74, 6) is 0.523. The van der Waals surface area contributed by atoms with E-state index in [-0.39, 0.29) is 0 Å². The third-order valence-corrected chi connectivity index (χ3v) is 2.57. The number of nitrogens with one attached hydrogen (secondary N) is 1. The van der Waals surface area contributed by atoms with Gasteiger partial charge in [0.15, 0.2) is 0 Å². The van der Waals surface area contributed by atoms with Crippen LogP contribution in [0.5, 0.6) is 0 Å². The van der Waals surface area contributed by atoms with E-state index in [4.69, 9.17) is 5.21 Å². The van der Waals surface area contributed by atoms with Gasteiger partial charge >= 0.3 is 0 Å². The Bertz CT molecular complexity index is 159. The van der Waals surface area contributed by atoms with Gasteiger partial charge in [0.05, 0.1) is 5.71 Å². The smallest absolute Gasteiger partial charge is 0.0629 e. The lowest BCUT2D eigenvalue weighted by Crippen LogP contribution is -2.49. The highest BCUT2D eigenvalue weighted by molar-refractivity contribution is 5.88. The molecule has 2 N–H and O–H groups in total. The summed E-state index contributed by atoms with van der Waals surface area (Å²) in [6.07, 6.45) is 3.42. The normalized spacial score (nSPS) is 42.6. The Balaban J connectivity index is 2.15. The maximum absolute atomic E-state index is 8.57. The number of hydrogen-bond acceptors (Lipinski definition) is 3. The second-order valence-electron chi connectivity index (χ2n) is 3.17. The number of nitrogens with zero attached hydrogens (tertiary/aromatic N) is 1. The predicted molar refractivity (Wildman–Crippen MR) is 38.4 cm³/mol. The van der Waals surface area contributed by atoms with Crippen molar-refractivity contribution < 1.29 is 5.21 Å². The Morgan fingerprint density at radius 2 is 2.40 bits per heavy atom. The quantitative estimate of drug-likeness (QED) is 0.382. The summed E-state index contributed by atoms with van der Waals surface area (Å²) in [4.78, 5) is 0. The first-order valence-corrected chi connectivity index (χ1v) is 3.84. The summed E-state index contributed by atoms with van der Waals surface area (Å²) in [5, 5.41) is 15.3. The highest BCUT2D eigenvalue weighted by Crippen LogP contribution is 2.26. The molecule has 0 spiro atoms. The topological polar surface area (TPSA) is 44.6 Å². The molecule has 2 heterocycles. The van der Waals surface area contributed by atoms with E-state index in [0.717, 1.165) is 18.7 Å². The summed E-state index contributed by atoms with van der Waals surface area (Å²) in [5.41, 5.74) is 1.01. The molecular formula is C7H12N2O. The molecule has 2 atom stereocenters. The molecule has 0 radical (unpaired) electrons. The second-order valence-corrected chi connectivity index (χ2v) is 3.17. The zero-order valence-corrected chi connectivity index (χ0v) is 5.88. The molecule has 0 aromatic heterocycles. The summed E-state index contributed by atoms with van der Waals surface area (Å²) in [6.45, 7) is 1.02. The van der Waals surface area contributed by atoms with Crippen LogP contribution in [-0.2, 0) is 0 Å². The molecule has 2 saturated heterocycles. The molecule has 1 aliphatic carbocycles. The largest absolute Gasteiger partial charge is 0.411 e. The average molecular weight is 140 g/mol. The van der Waals surface area contributed by atoms with E-state index in [1.165, 1.54) is 12.8 Å². The fourth-order valence-electron chi connectivity index (χ4n) is 1.92. The first kappa shape index (κ1) is 6.16. The van der Waals surface area contributed by atoms with Crippen LogP contribution in [0.2, 0.25) is 0 Å². The average Bonchev–Trinajstić information content (AvgIpc) is 2.06. The van der Waals surface area contributed by atoms with E-state index in [1.54, 1.807) is 0 Å². The van der Waals surface area contributed by atoms with Gasteiger partial charge < -0.3 is 10.5 Å². The molecule has 2 aliphatic heterocycles. The van der Waals surface area contributed by atoms with Gasteiger partial charge in [-0.15, -0.1) is 0 Å². The molecule has 0 aromatic rings. The van der Waals surface area contributed by atoms with Crippen LogP contribution in [0.3, 0.4) is 0 Å². The van der Waals surface area contributed by atoms with Crippen molar-refractivity contribution in [2.24, 2.45) is 11.1 Å². The Labute approximate surface area is 60.1 Å². The van der Waals surface area contributed by atoms with E-state index >= 15 is 0 Å². The lowest BCUT2D eigenvalue weighted by Gasteiger charge is -2.37. The lowest BCUT2D eigenvalue weighted by molar-refractivity contribution is 0.281. The molecule has 2 bridgehead atoms. The van der Waals surface area contributed by atoms with Crippen molar-refractivity contribution in [1.82, 2.24) is 5.32 Å². The van der Waals surface area contributed by atoms with Crippen LogP contribution in [0.25, 0.3) is 0 Å². The third-order valence-electron chi connectivity index (χ3n) is 2.57. The van der Waals surface area contributed by atoms with E-state index in [1.807, 2.05) is 0 Å². The number of hydrogen-bond donors (Lipinski definition) is 2. The highest BCUT2D eigenvalue weighted by atomic mass is 16.4. The fourth-order valence-corrected chi connectivity index (χ4v) is 1.92. The van der Waals surface area contributed by atoms with Crippen molar-refractivity contribution in [3.8, 4) is 0 Å². The van der Waals surface area contributed by atoms with Crippen LogP contribution in [0.1, 0.15) is 19.3 Å². The Kier molecular flexibility index (Phi) is 1.38. The van der Waals surface area contributed by atoms with Crippen molar-refractivity contribution in [2.75, 3.05) is 6.54 Å². The monoisotopic (exact) mass is 140 g/mol. The zero-order valence-electron chi connectivity index (χ0n) is 5.88. The Morgan fingerprint density at radius 3 is 2.70 bits per heavy atom.